The van der Waals surface area contributed by atoms with Crippen molar-refractivity contribution in [3.05, 3.63) is 78.8 Å². The molecule has 25 heavy (non-hydrogen) atoms. The van der Waals surface area contributed by atoms with Crippen molar-refractivity contribution in [2.75, 3.05) is 0 Å². The standard InChI is InChI=1S/C22H18N3/c1-15-13-18-16-7-3-4-9-21(16)25-12-10-23-22(25)19(18)14-17(15)20-8-5-6-11-24(20)2/h3-14H,1-2H3/q+1. The SMILES string of the molecule is Cc1cc2c3ccccc3n3ccnc3c2cc1-c1cccc[n+]1C. The molecule has 0 saturated carbocycles. The number of nitrogens with zero attached hydrogens (tertiary/aromatic N) is 3. The van der Waals surface area contributed by atoms with Crippen LogP contribution in [0.5, 0.6) is 0 Å². The van der Waals surface area contributed by atoms with Crippen LogP contribution in [0.1, 0.15) is 5.56 Å². The molecule has 0 atom stereocenters. The van der Waals surface area contributed by atoms with Crippen LogP contribution in [0.25, 0.3) is 38.6 Å². The molecule has 3 aromatic heterocycles. The smallest absolute Gasteiger partial charge is 0.212 e. The van der Waals surface area contributed by atoms with E-state index in [1.165, 1.54) is 38.5 Å². The van der Waals surface area contributed by atoms with E-state index in [1.807, 2.05) is 12.4 Å². The fraction of sp³-hybridized carbons (Fsp3) is 0.0909. The molecule has 5 aromatic rings. The molecule has 0 radical (unpaired) electrons. The van der Waals surface area contributed by atoms with E-state index in [1.54, 1.807) is 0 Å². The van der Waals surface area contributed by atoms with Crippen LogP contribution in [0.4, 0.5) is 0 Å². The average Bonchev–Trinajstić information content (AvgIpc) is 3.12. The highest BCUT2D eigenvalue weighted by Gasteiger charge is 2.16. The molecule has 120 valence electrons. The van der Waals surface area contributed by atoms with Gasteiger partial charge in [0.2, 0.25) is 5.69 Å². The zero-order valence-corrected chi connectivity index (χ0v) is 14.3. The molecule has 5 rings (SSSR count). The van der Waals surface area contributed by atoms with Gasteiger partial charge in [-0.15, -0.1) is 0 Å². The van der Waals surface area contributed by atoms with E-state index in [0.29, 0.717) is 0 Å². The average molecular weight is 324 g/mol. The van der Waals surface area contributed by atoms with Crippen LogP contribution < -0.4 is 4.57 Å². The number of aryl methyl sites for hydroxylation is 2. The summed E-state index contributed by atoms with van der Waals surface area (Å²) >= 11 is 0. The lowest BCUT2D eigenvalue weighted by atomic mass is 9.97. The van der Waals surface area contributed by atoms with Crippen molar-refractivity contribution in [3.8, 4) is 11.3 Å². The summed E-state index contributed by atoms with van der Waals surface area (Å²) in [5, 5.41) is 3.71. The normalized spacial score (nSPS) is 11.6. The van der Waals surface area contributed by atoms with Gasteiger partial charge in [0, 0.05) is 40.9 Å². The lowest BCUT2D eigenvalue weighted by molar-refractivity contribution is -0.660. The van der Waals surface area contributed by atoms with Crippen LogP contribution in [0.2, 0.25) is 0 Å². The predicted octanol–water partition coefficient (Wildman–Crippen LogP) is 4.44. The number of hydrogen-bond donors (Lipinski definition) is 0. The van der Waals surface area contributed by atoms with Crippen molar-refractivity contribution in [1.29, 1.82) is 0 Å². The second kappa shape index (κ2) is 5.15. The van der Waals surface area contributed by atoms with Crippen LogP contribution in [0, 0.1) is 6.92 Å². The zero-order chi connectivity index (χ0) is 17.0. The topological polar surface area (TPSA) is 21.2 Å². The number of hydrogen-bond acceptors (Lipinski definition) is 1. The fourth-order valence-electron chi connectivity index (χ4n) is 3.80. The summed E-state index contributed by atoms with van der Waals surface area (Å²) in [4.78, 5) is 4.64. The van der Waals surface area contributed by atoms with Crippen LogP contribution in [0.3, 0.4) is 0 Å². The van der Waals surface area contributed by atoms with Gasteiger partial charge in [0.25, 0.3) is 0 Å². The number of imidazole rings is 1. The Morgan fingerprint density at radius 3 is 2.64 bits per heavy atom. The van der Waals surface area contributed by atoms with Gasteiger partial charge in [-0.3, -0.25) is 4.40 Å². The Kier molecular flexibility index (Phi) is 2.92. The zero-order valence-electron chi connectivity index (χ0n) is 14.3. The number of benzene rings is 2. The minimum Gasteiger partial charge on any atom is -0.299 e. The van der Waals surface area contributed by atoms with Gasteiger partial charge in [-0.05, 0) is 42.1 Å². The first-order valence-electron chi connectivity index (χ1n) is 8.47. The van der Waals surface area contributed by atoms with Crippen LogP contribution >= 0.6 is 0 Å². The van der Waals surface area contributed by atoms with Gasteiger partial charge < -0.3 is 0 Å². The van der Waals surface area contributed by atoms with Gasteiger partial charge in [-0.1, -0.05) is 18.2 Å². The molecule has 0 unspecified atom stereocenters. The predicted molar refractivity (Wildman–Crippen MR) is 102 cm³/mol. The highest BCUT2D eigenvalue weighted by atomic mass is 15.0. The number of para-hydroxylation sites is 1. The van der Waals surface area contributed by atoms with E-state index in [9.17, 15) is 0 Å². The van der Waals surface area contributed by atoms with Crippen LogP contribution in [-0.4, -0.2) is 9.38 Å². The minimum atomic E-state index is 1.01. The molecule has 0 aliphatic rings. The summed E-state index contributed by atoms with van der Waals surface area (Å²) in [5.41, 5.74) is 5.93. The molecule has 3 heterocycles. The molecule has 0 N–H and O–H groups in total. The lowest BCUT2D eigenvalue weighted by Crippen LogP contribution is -2.30. The Morgan fingerprint density at radius 2 is 1.76 bits per heavy atom. The van der Waals surface area contributed by atoms with Crippen molar-refractivity contribution in [3.63, 3.8) is 0 Å². The third-order valence-electron chi connectivity index (χ3n) is 5.03. The van der Waals surface area contributed by atoms with Gasteiger partial charge in [-0.25, -0.2) is 9.55 Å². The first-order valence-corrected chi connectivity index (χ1v) is 8.47. The fourth-order valence-corrected chi connectivity index (χ4v) is 3.80. The Morgan fingerprint density at radius 1 is 0.920 bits per heavy atom. The first-order chi connectivity index (χ1) is 12.2. The summed E-state index contributed by atoms with van der Waals surface area (Å²) in [7, 11) is 2.09. The molecule has 0 saturated heterocycles. The molecule has 0 aliphatic carbocycles. The molecule has 0 aliphatic heterocycles. The Balaban J connectivity index is 1.98. The van der Waals surface area contributed by atoms with Gasteiger partial charge in [-0.2, -0.15) is 0 Å². The molecule has 0 amide bonds. The second-order valence-corrected chi connectivity index (χ2v) is 6.55. The monoisotopic (exact) mass is 324 g/mol. The van der Waals surface area contributed by atoms with Crippen LogP contribution in [-0.2, 0) is 7.05 Å². The Labute approximate surface area is 145 Å². The third kappa shape index (κ3) is 1.99. The summed E-state index contributed by atoms with van der Waals surface area (Å²) in [6.45, 7) is 2.19. The number of aromatic nitrogens is 3. The van der Waals surface area contributed by atoms with E-state index < -0.39 is 0 Å². The highest BCUT2D eigenvalue weighted by Crippen LogP contribution is 2.33. The number of pyridine rings is 2. The Hall–Kier alpha value is -3.20. The second-order valence-electron chi connectivity index (χ2n) is 6.55. The van der Waals surface area contributed by atoms with Gasteiger partial charge in [0.1, 0.15) is 12.7 Å². The Bertz CT molecular complexity index is 1260. The van der Waals surface area contributed by atoms with Gasteiger partial charge in [0.15, 0.2) is 6.20 Å². The summed E-state index contributed by atoms with van der Waals surface area (Å²) in [5.74, 6) is 0. The third-order valence-corrected chi connectivity index (χ3v) is 5.03. The molecule has 0 fully saturated rings. The molecule has 3 heteroatoms. The number of fused-ring (bicyclic) bond motifs is 6. The van der Waals surface area contributed by atoms with E-state index in [-0.39, 0.29) is 0 Å². The highest BCUT2D eigenvalue weighted by molar-refractivity contribution is 6.12. The molecular weight excluding hydrogens is 306 g/mol. The largest absolute Gasteiger partial charge is 0.299 e. The van der Waals surface area contributed by atoms with Crippen molar-refractivity contribution in [2.24, 2.45) is 7.05 Å². The molecule has 2 aromatic carbocycles. The van der Waals surface area contributed by atoms with Crippen molar-refractivity contribution < 1.29 is 4.57 Å². The first kappa shape index (κ1) is 14.2. The lowest BCUT2D eigenvalue weighted by Gasteiger charge is -2.11. The van der Waals surface area contributed by atoms with E-state index in [4.69, 9.17) is 0 Å². The number of rotatable bonds is 1. The maximum Gasteiger partial charge on any atom is 0.212 e. The van der Waals surface area contributed by atoms with Crippen LogP contribution in [0.15, 0.2) is 73.2 Å². The van der Waals surface area contributed by atoms with E-state index in [2.05, 4.69) is 88.7 Å². The summed E-state index contributed by atoms with van der Waals surface area (Å²) < 4.78 is 4.35. The van der Waals surface area contributed by atoms with Crippen molar-refractivity contribution >= 4 is 27.3 Å². The quantitative estimate of drug-likeness (QED) is 0.330. The summed E-state index contributed by atoms with van der Waals surface area (Å²) in [6.07, 6.45) is 6.01. The minimum absolute atomic E-state index is 1.01. The molecular formula is C22H18N3+. The molecule has 0 bridgehead atoms. The van der Waals surface area contributed by atoms with E-state index in [0.717, 1.165) is 5.65 Å². The summed E-state index contributed by atoms with van der Waals surface area (Å²) in [6, 6.07) is 19.4. The molecule has 0 spiro atoms. The maximum atomic E-state index is 4.64. The van der Waals surface area contributed by atoms with E-state index >= 15 is 0 Å². The van der Waals surface area contributed by atoms with Gasteiger partial charge in [0.05, 0.1) is 5.52 Å². The van der Waals surface area contributed by atoms with Crippen molar-refractivity contribution in [2.45, 2.75) is 6.92 Å². The molecule has 3 nitrogen and oxygen atoms in total. The maximum absolute atomic E-state index is 4.64. The van der Waals surface area contributed by atoms with Crippen molar-refractivity contribution in [1.82, 2.24) is 9.38 Å². The van der Waals surface area contributed by atoms with Gasteiger partial charge >= 0.3 is 0 Å².